The summed E-state index contributed by atoms with van der Waals surface area (Å²) < 4.78 is 14.3. The molecule has 0 saturated carbocycles. The fourth-order valence-corrected chi connectivity index (χ4v) is 6.24. The second kappa shape index (κ2) is 9.92. The Hall–Kier alpha value is -4.06. The first kappa shape index (κ1) is 24.0. The minimum atomic E-state index is -0.281. The van der Waals surface area contributed by atoms with E-state index < -0.39 is 0 Å². The number of morpholine rings is 2. The number of anilines is 2. The first-order valence-electron chi connectivity index (χ1n) is 13.0. The number of fused-ring (bicyclic) bond motifs is 3. The lowest BCUT2D eigenvalue weighted by Gasteiger charge is -2.29. The maximum Gasteiger partial charge on any atom is 0.269 e. The lowest BCUT2D eigenvalue weighted by molar-refractivity contribution is 0.121. The van der Waals surface area contributed by atoms with Crippen LogP contribution in [0.5, 0.6) is 0 Å². The molecule has 2 aliphatic rings. The smallest absolute Gasteiger partial charge is 0.269 e. The maximum absolute atomic E-state index is 14.3. The van der Waals surface area contributed by atoms with Gasteiger partial charge in [-0.3, -0.25) is 9.59 Å². The number of hydrogen-bond acceptors (Lipinski definition) is 9. The van der Waals surface area contributed by atoms with Gasteiger partial charge in [-0.1, -0.05) is 47.7 Å². The zero-order valence-electron chi connectivity index (χ0n) is 21.2. The van der Waals surface area contributed by atoms with Crippen molar-refractivity contribution in [2.24, 2.45) is 0 Å². The molecular formula is C28H26N6O4S. The molecule has 0 unspecified atom stereocenters. The minimum Gasteiger partial charge on any atom is -0.378 e. The Morgan fingerprint density at radius 2 is 0.974 bits per heavy atom. The second-order valence-electron chi connectivity index (χ2n) is 9.44. The summed E-state index contributed by atoms with van der Waals surface area (Å²) in [5.41, 5.74) is 0.825. The van der Waals surface area contributed by atoms with E-state index in [2.05, 4.69) is 9.80 Å². The van der Waals surface area contributed by atoms with E-state index in [1.54, 1.807) is 9.13 Å². The van der Waals surface area contributed by atoms with Crippen molar-refractivity contribution in [1.82, 2.24) is 19.1 Å². The van der Waals surface area contributed by atoms with Crippen LogP contribution in [0.15, 0.2) is 70.3 Å². The van der Waals surface area contributed by atoms with Gasteiger partial charge in [-0.25, -0.2) is 19.1 Å². The number of aromatic nitrogens is 4. The van der Waals surface area contributed by atoms with Gasteiger partial charge in [-0.2, -0.15) is 0 Å². The van der Waals surface area contributed by atoms with Crippen LogP contribution >= 0.6 is 11.3 Å². The van der Waals surface area contributed by atoms with Crippen LogP contribution in [0.2, 0.25) is 0 Å². The molecule has 0 radical (unpaired) electrons. The number of hydrogen-bond donors (Lipinski definition) is 0. The van der Waals surface area contributed by atoms with Gasteiger partial charge in [-0.05, 0) is 24.3 Å². The molecule has 11 heteroatoms. The van der Waals surface area contributed by atoms with Crippen LogP contribution in [0.1, 0.15) is 0 Å². The van der Waals surface area contributed by atoms with Crippen LogP contribution < -0.4 is 20.9 Å². The highest BCUT2D eigenvalue weighted by Gasteiger charge is 2.27. The van der Waals surface area contributed by atoms with Gasteiger partial charge in [0.2, 0.25) is 11.9 Å². The second-order valence-corrected chi connectivity index (χ2v) is 10.4. The van der Waals surface area contributed by atoms with Crippen molar-refractivity contribution in [3.8, 4) is 11.4 Å². The molecule has 10 nitrogen and oxygen atoms in total. The Morgan fingerprint density at radius 3 is 1.36 bits per heavy atom. The van der Waals surface area contributed by atoms with Crippen molar-refractivity contribution >= 4 is 43.7 Å². The summed E-state index contributed by atoms with van der Waals surface area (Å²) in [7, 11) is 0. The molecule has 2 fully saturated rings. The Labute approximate surface area is 227 Å². The molecule has 3 aromatic heterocycles. The summed E-state index contributed by atoms with van der Waals surface area (Å²) in [6.45, 7) is 4.71. The number of thiophene rings is 1. The van der Waals surface area contributed by atoms with Gasteiger partial charge in [0.15, 0.2) is 0 Å². The SMILES string of the molecule is O=c1c2c(nc(N3CCOCC3)n1-c1ccccc1)sc1nc(N3CCOCC3)n(-c3ccccc3)c(=O)c12. The van der Waals surface area contributed by atoms with E-state index in [0.29, 0.717) is 96.3 Å². The summed E-state index contributed by atoms with van der Waals surface area (Å²) in [6.07, 6.45) is 0. The highest BCUT2D eigenvalue weighted by Crippen LogP contribution is 2.32. The third kappa shape index (κ3) is 4.10. The molecule has 0 N–H and O–H groups in total. The fourth-order valence-electron chi connectivity index (χ4n) is 5.22. The first-order chi connectivity index (χ1) is 19.2. The van der Waals surface area contributed by atoms with E-state index in [9.17, 15) is 9.59 Å². The molecule has 2 aromatic carbocycles. The van der Waals surface area contributed by atoms with Gasteiger partial charge in [0.05, 0.1) is 48.6 Å². The molecule has 5 heterocycles. The first-order valence-corrected chi connectivity index (χ1v) is 13.8. The van der Waals surface area contributed by atoms with Crippen molar-refractivity contribution < 1.29 is 9.47 Å². The lowest BCUT2D eigenvalue weighted by Crippen LogP contribution is -2.41. The standard InChI is InChI=1S/C28H26N6O4S/c35-25-21-22-24(30-28(32-13-17-38-18-14-32)34(26(22)36)20-9-5-2-6-10-20)39-23(21)29-27(31-11-15-37-16-12-31)33(25)19-7-3-1-4-8-19/h1-10H,11-18H2. The van der Waals surface area contributed by atoms with Crippen molar-refractivity contribution in [2.45, 2.75) is 0 Å². The summed E-state index contributed by atoms with van der Waals surface area (Å²) in [6, 6.07) is 18.9. The number of rotatable bonds is 4. The molecule has 39 heavy (non-hydrogen) atoms. The van der Waals surface area contributed by atoms with Crippen molar-refractivity contribution in [1.29, 1.82) is 0 Å². The molecule has 2 saturated heterocycles. The summed E-state index contributed by atoms with van der Waals surface area (Å²) in [5.74, 6) is 1.09. The molecule has 5 aromatic rings. The van der Waals surface area contributed by atoms with Gasteiger partial charge in [0.25, 0.3) is 11.1 Å². The van der Waals surface area contributed by atoms with Crippen LogP contribution in [-0.4, -0.2) is 71.7 Å². The molecule has 2 aliphatic heterocycles. The molecule has 0 bridgehead atoms. The Balaban J connectivity index is 1.55. The van der Waals surface area contributed by atoms with Crippen LogP contribution in [0.25, 0.3) is 31.8 Å². The Kier molecular flexibility index (Phi) is 6.11. The predicted octanol–water partition coefficient (Wildman–Crippen LogP) is 2.82. The third-order valence-corrected chi connectivity index (χ3v) is 8.10. The predicted molar refractivity (Wildman–Crippen MR) is 152 cm³/mol. The number of nitrogens with zero attached hydrogens (tertiary/aromatic N) is 6. The molecule has 198 valence electrons. The van der Waals surface area contributed by atoms with Crippen molar-refractivity contribution in [3.63, 3.8) is 0 Å². The fraction of sp³-hybridized carbons (Fsp3) is 0.286. The van der Waals surface area contributed by atoms with E-state index in [1.165, 1.54) is 11.3 Å². The molecule has 7 rings (SSSR count). The number of ether oxygens (including phenoxy) is 2. The zero-order chi connectivity index (χ0) is 26.3. The summed E-state index contributed by atoms with van der Waals surface area (Å²) in [5, 5.41) is 0.596. The van der Waals surface area contributed by atoms with E-state index in [-0.39, 0.29) is 11.1 Å². The van der Waals surface area contributed by atoms with E-state index in [0.717, 1.165) is 0 Å². The molecular weight excluding hydrogens is 516 g/mol. The normalized spacial score (nSPS) is 16.3. The van der Waals surface area contributed by atoms with Crippen LogP contribution in [0, 0.1) is 0 Å². The topological polar surface area (TPSA) is 94.7 Å². The average molecular weight is 543 g/mol. The van der Waals surface area contributed by atoms with Crippen molar-refractivity contribution in [2.75, 3.05) is 62.4 Å². The van der Waals surface area contributed by atoms with Gasteiger partial charge in [0.1, 0.15) is 9.66 Å². The highest BCUT2D eigenvalue weighted by atomic mass is 32.1. The van der Waals surface area contributed by atoms with Gasteiger partial charge in [0, 0.05) is 26.2 Å². The van der Waals surface area contributed by atoms with Crippen molar-refractivity contribution in [3.05, 3.63) is 81.4 Å². The van der Waals surface area contributed by atoms with E-state index in [1.807, 2.05) is 60.7 Å². The zero-order valence-corrected chi connectivity index (χ0v) is 22.0. The number of para-hydroxylation sites is 2. The van der Waals surface area contributed by atoms with E-state index in [4.69, 9.17) is 19.4 Å². The quantitative estimate of drug-likeness (QED) is 0.342. The minimum absolute atomic E-state index is 0.281. The molecule has 0 aliphatic carbocycles. The summed E-state index contributed by atoms with van der Waals surface area (Å²) >= 11 is 1.29. The van der Waals surface area contributed by atoms with Gasteiger partial charge in [-0.15, -0.1) is 0 Å². The molecule has 0 spiro atoms. The highest BCUT2D eigenvalue weighted by molar-refractivity contribution is 7.25. The van der Waals surface area contributed by atoms with Gasteiger partial charge >= 0.3 is 0 Å². The average Bonchev–Trinajstić information content (AvgIpc) is 3.38. The Morgan fingerprint density at radius 1 is 0.590 bits per heavy atom. The van der Waals surface area contributed by atoms with Crippen LogP contribution in [0.4, 0.5) is 11.9 Å². The molecule has 0 amide bonds. The molecule has 0 atom stereocenters. The monoisotopic (exact) mass is 542 g/mol. The third-order valence-electron chi connectivity index (χ3n) is 7.12. The lowest BCUT2D eigenvalue weighted by atomic mass is 10.2. The van der Waals surface area contributed by atoms with Crippen LogP contribution in [-0.2, 0) is 9.47 Å². The number of benzene rings is 2. The maximum atomic E-state index is 14.3. The largest absolute Gasteiger partial charge is 0.378 e. The van der Waals surface area contributed by atoms with Gasteiger partial charge < -0.3 is 19.3 Å². The van der Waals surface area contributed by atoms with E-state index >= 15 is 0 Å². The Bertz CT molecular complexity index is 1640. The van der Waals surface area contributed by atoms with Crippen LogP contribution in [0.3, 0.4) is 0 Å². The summed E-state index contributed by atoms with van der Waals surface area (Å²) in [4.78, 5) is 43.8.